The Kier molecular flexibility index (Phi) is 6.33. The summed E-state index contributed by atoms with van der Waals surface area (Å²) in [6.07, 6.45) is 0.0962. The third kappa shape index (κ3) is 5.49. The summed E-state index contributed by atoms with van der Waals surface area (Å²) >= 11 is 0. The van der Waals surface area contributed by atoms with Gasteiger partial charge in [-0.1, -0.05) is 12.1 Å². The van der Waals surface area contributed by atoms with Crippen molar-refractivity contribution < 1.29 is 18.7 Å². The van der Waals surface area contributed by atoms with Crippen LogP contribution in [0, 0.1) is 5.82 Å². The summed E-state index contributed by atoms with van der Waals surface area (Å²) in [6.45, 7) is 0.223. The molecule has 25 heavy (non-hydrogen) atoms. The molecule has 2 aromatic rings. The molecule has 7 heteroatoms. The maximum Gasteiger partial charge on any atom is 0.243 e. The highest BCUT2D eigenvalue weighted by Gasteiger charge is 2.14. The Balaban J connectivity index is 2.10. The number of hydrogen-bond acceptors (Lipinski definition) is 4. The summed E-state index contributed by atoms with van der Waals surface area (Å²) in [4.78, 5) is 25.0. The van der Waals surface area contributed by atoms with Gasteiger partial charge in [-0.05, 0) is 36.4 Å². The van der Waals surface area contributed by atoms with Crippen LogP contribution < -0.4 is 20.7 Å². The van der Waals surface area contributed by atoms with E-state index < -0.39 is 17.6 Å². The molecule has 0 saturated carbocycles. The topological polar surface area (TPSA) is 84.7 Å². The van der Waals surface area contributed by atoms with E-state index in [1.54, 1.807) is 48.4 Å². The summed E-state index contributed by atoms with van der Waals surface area (Å²) in [5.74, 6) is -0.697. The van der Waals surface area contributed by atoms with Crippen molar-refractivity contribution in [1.82, 2.24) is 0 Å². The summed E-state index contributed by atoms with van der Waals surface area (Å²) in [7, 11) is 1.56. The third-order valence-corrected chi connectivity index (χ3v) is 3.55. The van der Waals surface area contributed by atoms with Gasteiger partial charge in [0.1, 0.15) is 11.6 Å². The van der Waals surface area contributed by atoms with Gasteiger partial charge in [-0.2, -0.15) is 0 Å². The molecule has 0 aromatic heterocycles. The summed E-state index contributed by atoms with van der Waals surface area (Å²) < 4.78 is 18.8. The molecule has 6 nitrogen and oxygen atoms in total. The minimum Gasteiger partial charge on any atom is -0.497 e. The van der Waals surface area contributed by atoms with E-state index in [9.17, 15) is 14.0 Å². The first-order valence-corrected chi connectivity index (χ1v) is 7.71. The number of rotatable bonds is 8. The van der Waals surface area contributed by atoms with Crippen molar-refractivity contribution in [2.75, 3.05) is 30.4 Å². The smallest absolute Gasteiger partial charge is 0.243 e. The van der Waals surface area contributed by atoms with E-state index in [0.29, 0.717) is 5.75 Å². The van der Waals surface area contributed by atoms with Crippen LogP contribution in [-0.2, 0) is 9.59 Å². The van der Waals surface area contributed by atoms with Crippen LogP contribution in [0.2, 0.25) is 0 Å². The number of ether oxygens (including phenoxy) is 1. The zero-order valence-corrected chi connectivity index (χ0v) is 13.9. The first-order valence-electron chi connectivity index (χ1n) is 7.71. The standard InChI is InChI=1S/C18H20FN3O3/c1-25-14-8-6-13(7-9-14)22(11-10-17(20)23)12-18(24)21-16-5-3-2-4-15(16)19/h2-9H,10-12H2,1H3,(H2,20,23)(H,21,24). The molecule has 0 bridgehead atoms. The van der Waals surface area contributed by atoms with Crippen LogP contribution in [0.4, 0.5) is 15.8 Å². The van der Waals surface area contributed by atoms with E-state index in [1.165, 1.54) is 12.1 Å². The van der Waals surface area contributed by atoms with Crippen molar-refractivity contribution in [2.24, 2.45) is 5.73 Å². The van der Waals surface area contributed by atoms with Crippen molar-refractivity contribution in [1.29, 1.82) is 0 Å². The second-order valence-corrected chi connectivity index (χ2v) is 5.36. The number of amides is 2. The first-order chi connectivity index (χ1) is 12.0. The van der Waals surface area contributed by atoms with Crippen LogP contribution >= 0.6 is 0 Å². The molecule has 132 valence electrons. The van der Waals surface area contributed by atoms with E-state index in [1.807, 2.05) is 0 Å². The third-order valence-electron chi connectivity index (χ3n) is 3.55. The predicted molar refractivity (Wildman–Crippen MR) is 94.0 cm³/mol. The number of carbonyl (C=O) groups is 2. The molecule has 0 aliphatic rings. The monoisotopic (exact) mass is 345 g/mol. The number of para-hydroxylation sites is 1. The quantitative estimate of drug-likeness (QED) is 0.768. The molecular formula is C18H20FN3O3. The van der Waals surface area contributed by atoms with Crippen LogP contribution in [-0.4, -0.2) is 32.0 Å². The van der Waals surface area contributed by atoms with Crippen molar-refractivity contribution in [2.45, 2.75) is 6.42 Å². The molecule has 0 spiro atoms. The fraction of sp³-hybridized carbons (Fsp3) is 0.222. The van der Waals surface area contributed by atoms with Gasteiger partial charge in [0.15, 0.2) is 0 Å². The molecule has 2 amide bonds. The van der Waals surface area contributed by atoms with Crippen molar-refractivity contribution in [3.05, 3.63) is 54.3 Å². The molecule has 0 aliphatic heterocycles. The number of nitrogens with two attached hydrogens (primary N) is 1. The molecule has 0 fully saturated rings. The number of nitrogens with one attached hydrogen (secondary N) is 1. The summed E-state index contributed by atoms with van der Waals surface area (Å²) in [6, 6.07) is 13.0. The van der Waals surface area contributed by atoms with Gasteiger partial charge >= 0.3 is 0 Å². The van der Waals surface area contributed by atoms with Crippen LogP contribution in [0.3, 0.4) is 0 Å². The molecule has 2 rings (SSSR count). The lowest BCUT2D eigenvalue weighted by Gasteiger charge is -2.24. The zero-order chi connectivity index (χ0) is 18.2. The minimum atomic E-state index is -0.510. The highest BCUT2D eigenvalue weighted by molar-refractivity contribution is 5.94. The van der Waals surface area contributed by atoms with Gasteiger partial charge in [0.25, 0.3) is 0 Å². The maximum absolute atomic E-state index is 13.6. The van der Waals surface area contributed by atoms with Gasteiger partial charge in [0, 0.05) is 18.7 Å². The van der Waals surface area contributed by atoms with Crippen molar-refractivity contribution in [3.8, 4) is 5.75 Å². The number of methoxy groups -OCH3 is 1. The zero-order valence-electron chi connectivity index (χ0n) is 13.9. The second-order valence-electron chi connectivity index (χ2n) is 5.36. The Morgan fingerprint density at radius 3 is 2.44 bits per heavy atom. The van der Waals surface area contributed by atoms with Gasteiger partial charge in [0.2, 0.25) is 11.8 Å². The lowest BCUT2D eigenvalue weighted by molar-refractivity contribution is -0.118. The molecule has 0 unspecified atom stereocenters. The number of halogens is 1. The Bertz CT molecular complexity index is 735. The molecule has 0 heterocycles. The molecule has 0 saturated heterocycles. The van der Waals surface area contributed by atoms with Crippen LogP contribution in [0.1, 0.15) is 6.42 Å². The second kappa shape index (κ2) is 8.68. The fourth-order valence-electron chi connectivity index (χ4n) is 2.26. The molecular weight excluding hydrogens is 325 g/mol. The van der Waals surface area contributed by atoms with E-state index in [-0.39, 0.29) is 25.2 Å². The van der Waals surface area contributed by atoms with Crippen molar-refractivity contribution >= 4 is 23.2 Å². The number of anilines is 2. The molecule has 0 atom stereocenters. The summed E-state index contributed by atoms with van der Waals surface area (Å²) in [5, 5.41) is 2.52. The Morgan fingerprint density at radius 2 is 1.84 bits per heavy atom. The molecule has 0 radical (unpaired) electrons. The van der Waals surface area contributed by atoms with Gasteiger partial charge in [-0.3, -0.25) is 9.59 Å². The number of primary amides is 1. The molecule has 0 aliphatic carbocycles. The van der Waals surface area contributed by atoms with Gasteiger partial charge in [-0.25, -0.2) is 4.39 Å². The maximum atomic E-state index is 13.6. The summed E-state index contributed by atoms with van der Waals surface area (Å²) in [5.41, 5.74) is 6.04. The molecule has 2 aromatic carbocycles. The van der Waals surface area contributed by atoms with Gasteiger partial charge < -0.3 is 20.7 Å². The van der Waals surface area contributed by atoms with E-state index >= 15 is 0 Å². The van der Waals surface area contributed by atoms with Crippen LogP contribution in [0.25, 0.3) is 0 Å². The van der Waals surface area contributed by atoms with Gasteiger partial charge in [0.05, 0.1) is 19.3 Å². The number of carbonyl (C=O) groups excluding carboxylic acids is 2. The normalized spacial score (nSPS) is 10.2. The highest BCUT2D eigenvalue weighted by Crippen LogP contribution is 2.20. The van der Waals surface area contributed by atoms with Crippen LogP contribution in [0.15, 0.2) is 48.5 Å². The van der Waals surface area contributed by atoms with Crippen molar-refractivity contribution in [3.63, 3.8) is 0 Å². The highest BCUT2D eigenvalue weighted by atomic mass is 19.1. The minimum absolute atomic E-state index is 0.0477. The molecule has 3 N–H and O–H groups in total. The van der Waals surface area contributed by atoms with E-state index in [4.69, 9.17) is 10.5 Å². The Morgan fingerprint density at radius 1 is 1.16 bits per heavy atom. The van der Waals surface area contributed by atoms with Crippen LogP contribution in [0.5, 0.6) is 5.75 Å². The largest absolute Gasteiger partial charge is 0.497 e. The number of nitrogens with zero attached hydrogens (tertiary/aromatic N) is 1. The SMILES string of the molecule is COc1ccc(N(CCC(N)=O)CC(=O)Nc2ccccc2F)cc1. The first kappa shape index (κ1) is 18.3. The Hall–Kier alpha value is -3.09. The fourth-order valence-corrected chi connectivity index (χ4v) is 2.26. The number of hydrogen-bond donors (Lipinski definition) is 2. The lowest BCUT2D eigenvalue weighted by atomic mass is 10.2. The van der Waals surface area contributed by atoms with E-state index in [2.05, 4.69) is 5.32 Å². The predicted octanol–water partition coefficient (Wildman–Crippen LogP) is 2.15. The number of benzene rings is 2. The Labute approximate surface area is 145 Å². The van der Waals surface area contributed by atoms with Gasteiger partial charge in [-0.15, -0.1) is 0 Å². The van der Waals surface area contributed by atoms with E-state index in [0.717, 1.165) is 5.69 Å². The lowest BCUT2D eigenvalue weighted by Crippen LogP contribution is -2.35. The average Bonchev–Trinajstić information content (AvgIpc) is 2.60. The average molecular weight is 345 g/mol.